The number of rotatable bonds is 3. The summed E-state index contributed by atoms with van der Waals surface area (Å²) in [5.41, 5.74) is 0.518. The Balaban J connectivity index is 1.84. The second kappa shape index (κ2) is 6.02. The minimum Gasteiger partial charge on any atom is -0.484 e. The topological polar surface area (TPSA) is 32.8 Å². The fraction of sp³-hybridized carbons (Fsp3) is 0.500. The van der Waals surface area contributed by atoms with Crippen LogP contribution in [0.3, 0.4) is 0 Å². The lowest BCUT2D eigenvalue weighted by Crippen LogP contribution is -2.48. The van der Waals surface area contributed by atoms with E-state index in [1.807, 2.05) is 7.05 Å². The molecule has 0 bridgehead atoms. The van der Waals surface area contributed by atoms with Crippen LogP contribution >= 0.6 is 0 Å². The first kappa shape index (κ1) is 13.8. The summed E-state index contributed by atoms with van der Waals surface area (Å²) >= 11 is 0. The Labute approximate surface area is 112 Å². The number of amides is 1. The second-order valence-electron chi connectivity index (χ2n) is 4.88. The number of likely N-dealkylation sites (N-methyl/N-ethyl adjacent to an activating group) is 1. The van der Waals surface area contributed by atoms with Gasteiger partial charge in [0.1, 0.15) is 11.6 Å². The van der Waals surface area contributed by atoms with Crippen molar-refractivity contribution in [2.45, 2.75) is 6.92 Å². The maximum absolute atomic E-state index is 13.1. The largest absolute Gasteiger partial charge is 0.484 e. The lowest BCUT2D eigenvalue weighted by Gasteiger charge is -2.32. The Morgan fingerprint density at radius 2 is 2.00 bits per heavy atom. The Hall–Kier alpha value is -1.62. The highest BCUT2D eigenvalue weighted by Crippen LogP contribution is 2.16. The summed E-state index contributed by atoms with van der Waals surface area (Å²) in [5, 5.41) is 0. The molecule has 0 N–H and O–H groups in total. The quantitative estimate of drug-likeness (QED) is 0.826. The predicted octanol–water partition coefficient (Wildman–Crippen LogP) is 1.29. The molecule has 0 radical (unpaired) electrons. The Kier molecular flexibility index (Phi) is 4.37. The fourth-order valence-corrected chi connectivity index (χ4v) is 2.00. The summed E-state index contributed by atoms with van der Waals surface area (Å²) in [6.45, 7) is 4.93. The maximum atomic E-state index is 13.1. The molecule has 0 spiro atoms. The first-order valence-corrected chi connectivity index (χ1v) is 6.41. The number of piperazine rings is 1. The normalized spacial score (nSPS) is 16.5. The van der Waals surface area contributed by atoms with Crippen LogP contribution < -0.4 is 4.74 Å². The van der Waals surface area contributed by atoms with Gasteiger partial charge in [-0.3, -0.25) is 4.79 Å². The molecule has 0 saturated carbocycles. The molecule has 0 atom stereocenters. The smallest absolute Gasteiger partial charge is 0.260 e. The van der Waals surface area contributed by atoms with Gasteiger partial charge in [-0.15, -0.1) is 0 Å². The van der Waals surface area contributed by atoms with Gasteiger partial charge in [-0.25, -0.2) is 4.39 Å². The van der Waals surface area contributed by atoms with Gasteiger partial charge < -0.3 is 14.5 Å². The zero-order valence-corrected chi connectivity index (χ0v) is 11.4. The zero-order chi connectivity index (χ0) is 13.8. The van der Waals surface area contributed by atoms with Crippen LogP contribution in [-0.4, -0.2) is 55.5 Å². The molecular weight excluding hydrogens is 247 g/mol. The van der Waals surface area contributed by atoms with Crippen molar-refractivity contribution >= 4 is 5.91 Å². The van der Waals surface area contributed by atoms with Gasteiger partial charge in [0.05, 0.1) is 0 Å². The van der Waals surface area contributed by atoms with E-state index in [0.29, 0.717) is 11.3 Å². The fourth-order valence-electron chi connectivity index (χ4n) is 2.00. The molecule has 2 rings (SSSR count). The number of ether oxygens (including phenoxy) is 1. The van der Waals surface area contributed by atoms with Gasteiger partial charge in [0.2, 0.25) is 0 Å². The molecule has 1 fully saturated rings. The summed E-state index contributed by atoms with van der Waals surface area (Å²) in [5.74, 6) is 0.245. The summed E-state index contributed by atoms with van der Waals surface area (Å²) in [6.07, 6.45) is 0. The van der Waals surface area contributed by atoms with Crippen LogP contribution in [0.25, 0.3) is 0 Å². The van der Waals surface area contributed by atoms with E-state index in [9.17, 15) is 9.18 Å². The van der Waals surface area contributed by atoms with Crippen LogP contribution in [-0.2, 0) is 4.79 Å². The Bertz CT molecular complexity index is 457. The summed E-state index contributed by atoms with van der Waals surface area (Å²) in [4.78, 5) is 15.9. The van der Waals surface area contributed by atoms with Crippen LogP contribution in [0.15, 0.2) is 18.2 Å². The van der Waals surface area contributed by atoms with Crippen LogP contribution in [0, 0.1) is 12.7 Å². The highest BCUT2D eigenvalue weighted by Gasteiger charge is 2.19. The van der Waals surface area contributed by atoms with Gasteiger partial charge in [-0.05, 0) is 37.7 Å². The molecule has 4 nitrogen and oxygen atoms in total. The number of hydrogen-bond donors (Lipinski definition) is 0. The molecule has 104 valence electrons. The third-order valence-electron chi connectivity index (χ3n) is 3.35. The highest BCUT2D eigenvalue weighted by molar-refractivity contribution is 5.77. The summed E-state index contributed by atoms with van der Waals surface area (Å²) in [6, 6.07) is 4.50. The van der Waals surface area contributed by atoms with Crippen molar-refractivity contribution < 1.29 is 13.9 Å². The van der Waals surface area contributed by atoms with Crippen molar-refractivity contribution in [1.82, 2.24) is 9.80 Å². The summed E-state index contributed by atoms with van der Waals surface area (Å²) < 4.78 is 18.5. The molecule has 1 aliphatic rings. The molecule has 1 aromatic carbocycles. The van der Waals surface area contributed by atoms with Gasteiger partial charge >= 0.3 is 0 Å². The maximum Gasteiger partial charge on any atom is 0.260 e. The van der Waals surface area contributed by atoms with E-state index >= 15 is 0 Å². The Morgan fingerprint density at radius 3 is 2.63 bits per heavy atom. The molecule has 0 unspecified atom stereocenters. The van der Waals surface area contributed by atoms with Crippen molar-refractivity contribution in [3.8, 4) is 5.75 Å². The zero-order valence-electron chi connectivity index (χ0n) is 11.4. The third-order valence-corrected chi connectivity index (χ3v) is 3.35. The average Bonchev–Trinajstić information content (AvgIpc) is 2.40. The first-order chi connectivity index (χ1) is 9.06. The van der Waals surface area contributed by atoms with Crippen molar-refractivity contribution in [3.63, 3.8) is 0 Å². The number of hydrogen-bond acceptors (Lipinski definition) is 3. The molecule has 0 aromatic heterocycles. The minimum absolute atomic E-state index is 0.00872. The molecule has 1 amide bonds. The number of halogens is 1. The van der Waals surface area contributed by atoms with Gasteiger partial charge in [0.25, 0.3) is 5.91 Å². The molecule has 1 aliphatic heterocycles. The van der Waals surface area contributed by atoms with Crippen LogP contribution in [0.1, 0.15) is 5.56 Å². The van der Waals surface area contributed by atoms with E-state index in [4.69, 9.17) is 4.74 Å². The number of carbonyl (C=O) groups is 1. The lowest BCUT2D eigenvalue weighted by molar-refractivity contribution is -0.134. The van der Waals surface area contributed by atoms with E-state index in [2.05, 4.69) is 4.90 Å². The second-order valence-corrected chi connectivity index (χ2v) is 4.88. The van der Waals surface area contributed by atoms with Gasteiger partial charge in [0, 0.05) is 26.2 Å². The van der Waals surface area contributed by atoms with Crippen LogP contribution in [0.5, 0.6) is 5.75 Å². The van der Waals surface area contributed by atoms with Crippen molar-refractivity contribution in [2.75, 3.05) is 39.8 Å². The molecular formula is C14H19FN2O2. The van der Waals surface area contributed by atoms with Gasteiger partial charge in [-0.1, -0.05) is 0 Å². The van der Waals surface area contributed by atoms with E-state index in [1.54, 1.807) is 24.0 Å². The van der Waals surface area contributed by atoms with E-state index < -0.39 is 0 Å². The lowest BCUT2D eigenvalue weighted by atomic mass is 10.2. The molecule has 5 heteroatoms. The number of nitrogens with zero attached hydrogens (tertiary/aromatic N) is 2. The summed E-state index contributed by atoms with van der Waals surface area (Å²) in [7, 11) is 2.04. The van der Waals surface area contributed by atoms with Gasteiger partial charge in [-0.2, -0.15) is 0 Å². The Morgan fingerprint density at radius 1 is 1.32 bits per heavy atom. The standard InChI is InChI=1S/C14H19FN2O2/c1-11-9-12(3-4-13(11)15)19-10-14(18)17-7-5-16(2)6-8-17/h3-4,9H,5-8,10H2,1-2H3. The number of benzene rings is 1. The van der Waals surface area contributed by atoms with Crippen molar-refractivity contribution in [1.29, 1.82) is 0 Å². The SMILES string of the molecule is Cc1cc(OCC(=O)N2CCN(C)CC2)ccc1F. The van der Waals surface area contributed by atoms with E-state index in [-0.39, 0.29) is 18.3 Å². The van der Waals surface area contributed by atoms with Crippen molar-refractivity contribution in [3.05, 3.63) is 29.6 Å². The first-order valence-electron chi connectivity index (χ1n) is 6.41. The highest BCUT2D eigenvalue weighted by atomic mass is 19.1. The van der Waals surface area contributed by atoms with Gasteiger partial charge in [0.15, 0.2) is 6.61 Å². The van der Waals surface area contributed by atoms with E-state index in [1.165, 1.54) is 6.07 Å². The molecule has 1 saturated heterocycles. The molecule has 0 aliphatic carbocycles. The minimum atomic E-state index is -0.266. The van der Waals surface area contributed by atoms with E-state index in [0.717, 1.165) is 26.2 Å². The monoisotopic (exact) mass is 266 g/mol. The molecule has 1 aromatic rings. The van der Waals surface area contributed by atoms with Crippen LogP contribution in [0.2, 0.25) is 0 Å². The third kappa shape index (κ3) is 3.67. The van der Waals surface area contributed by atoms with Crippen LogP contribution in [0.4, 0.5) is 4.39 Å². The molecule has 1 heterocycles. The average molecular weight is 266 g/mol. The number of carbonyl (C=O) groups excluding carboxylic acids is 1. The molecule has 19 heavy (non-hydrogen) atoms. The predicted molar refractivity (Wildman–Crippen MR) is 70.7 cm³/mol. The number of aryl methyl sites for hydroxylation is 1. The van der Waals surface area contributed by atoms with Crippen molar-refractivity contribution in [2.24, 2.45) is 0 Å².